The van der Waals surface area contributed by atoms with Crippen LogP contribution in [0.4, 0.5) is 5.69 Å². The number of nitrogens with zero attached hydrogens (tertiary/aromatic N) is 3. The molecule has 0 aliphatic carbocycles. The molecule has 0 unspecified atom stereocenters. The van der Waals surface area contributed by atoms with Gasteiger partial charge in [-0.15, -0.1) is 0 Å². The molecule has 28 heavy (non-hydrogen) atoms. The number of pyridine rings is 1. The Morgan fingerprint density at radius 2 is 1.82 bits per heavy atom. The van der Waals surface area contributed by atoms with E-state index in [1.807, 2.05) is 0 Å². The van der Waals surface area contributed by atoms with Gasteiger partial charge in [-0.2, -0.15) is 0 Å². The highest BCUT2D eigenvalue weighted by Crippen LogP contribution is 2.23. The predicted octanol–water partition coefficient (Wildman–Crippen LogP) is 2.94. The van der Waals surface area contributed by atoms with Crippen molar-refractivity contribution in [2.75, 3.05) is 13.1 Å². The maximum atomic E-state index is 12.5. The zero-order chi connectivity index (χ0) is 20.1. The second kappa shape index (κ2) is 8.82. The number of carbonyl (C=O) groups excluding carboxylic acids is 1. The number of carbonyl (C=O) groups is 1. The molecular weight excluding hydrogens is 358 g/mol. The molecule has 1 saturated heterocycles. The lowest BCUT2D eigenvalue weighted by atomic mass is 9.90. The summed E-state index contributed by atoms with van der Waals surface area (Å²) in [6, 6.07) is 10.9. The summed E-state index contributed by atoms with van der Waals surface area (Å²) in [5.74, 6) is 0.422. The number of aromatic nitrogens is 1. The molecule has 2 aromatic rings. The third-order valence-corrected chi connectivity index (χ3v) is 5.41. The highest BCUT2D eigenvalue weighted by Gasteiger charge is 2.23. The van der Waals surface area contributed by atoms with Crippen LogP contribution in [0.2, 0.25) is 0 Å². The van der Waals surface area contributed by atoms with Crippen LogP contribution in [0.3, 0.4) is 0 Å². The molecule has 1 fully saturated rings. The van der Waals surface area contributed by atoms with Crippen LogP contribution in [-0.4, -0.2) is 33.4 Å². The maximum Gasteiger partial charge on any atom is 0.285 e. The molecular formula is C21H25N3O4. The summed E-state index contributed by atoms with van der Waals surface area (Å²) in [6.45, 7) is 3.26. The van der Waals surface area contributed by atoms with Crippen LogP contribution in [0.1, 0.15) is 30.4 Å². The number of amides is 1. The Hall–Kier alpha value is -2.96. The molecule has 1 aliphatic heterocycles. The van der Waals surface area contributed by atoms with Gasteiger partial charge in [0.25, 0.3) is 11.2 Å². The average molecular weight is 383 g/mol. The van der Waals surface area contributed by atoms with E-state index in [1.165, 1.54) is 11.1 Å². The molecule has 7 heteroatoms. The number of hydrogen-bond acceptors (Lipinski definition) is 4. The first kappa shape index (κ1) is 19.8. The van der Waals surface area contributed by atoms with E-state index >= 15 is 0 Å². The van der Waals surface area contributed by atoms with E-state index in [1.54, 1.807) is 4.90 Å². The second-order valence-electron chi connectivity index (χ2n) is 7.46. The van der Waals surface area contributed by atoms with E-state index in [-0.39, 0.29) is 18.1 Å². The van der Waals surface area contributed by atoms with Crippen molar-refractivity contribution >= 4 is 11.6 Å². The van der Waals surface area contributed by atoms with Crippen molar-refractivity contribution in [2.45, 2.75) is 39.2 Å². The molecule has 0 bridgehead atoms. The SMILES string of the molecule is Cc1ccc(CCC2CCN(C(=O)Cn3cc([N+](=O)[O-])ccc3=O)CC2)cc1. The van der Waals surface area contributed by atoms with Crippen LogP contribution in [0, 0.1) is 23.0 Å². The van der Waals surface area contributed by atoms with E-state index in [2.05, 4.69) is 31.2 Å². The highest BCUT2D eigenvalue weighted by atomic mass is 16.6. The van der Waals surface area contributed by atoms with Gasteiger partial charge in [-0.3, -0.25) is 24.3 Å². The van der Waals surface area contributed by atoms with E-state index in [4.69, 9.17) is 0 Å². The van der Waals surface area contributed by atoms with Crippen LogP contribution in [0.15, 0.2) is 47.4 Å². The smallest absolute Gasteiger partial charge is 0.285 e. The van der Waals surface area contributed by atoms with Crippen molar-refractivity contribution in [1.82, 2.24) is 9.47 Å². The normalized spacial score (nSPS) is 14.8. The fourth-order valence-electron chi connectivity index (χ4n) is 3.59. The Labute approximate surface area is 163 Å². The lowest BCUT2D eigenvalue weighted by molar-refractivity contribution is -0.385. The van der Waals surface area contributed by atoms with Gasteiger partial charge in [-0.25, -0.2) is 0 Å². The Balaban J connectivity index is 1.50. The van der Waals surface area contributed by atoms with Crippen molar-refractivity contribution in [3.63, 3.8) is 0 Å². The molecule has 0 radical (unpaired) electrons. The van der Waals surface area contributed by atoms with Crippen LogP contribution in [0.25, 0.3) is 0 Å². The third kappa shape index (κ3) is 5.06. The molecule has 7 nitrogen and oxygen atoms in total. The minimum absolute atomic E-state index is 0.158. The van der Waals surface area contributed by atoms with Gasteiger partial charge in [0.1, 0.15) is 6.54 Å². The van der Waals surface area contributed by atoms with Gasteiger partial charge in [0.2, 0.25) is 5.91 Å². The molecule has 1 aliphatic rings. The number of likely N-dealkylation sites (tertiary alicyclic amines) is 1. The van der Waals surface area contributed by atoms with Gasteiger partial charge in [0.15, 0.2) is 0 Å². The van der Waals surface area contributed by atoms with Gasteiger partial charge >= 0.3 is 0 Å². The van der Waals surface area contributed by atoms with E-state index in [0.717, 1.165) is 48.6 Å². The average Bonchev–Trinajstić information content (AvgIpc) is 2.69. The summed E-state index contributed by atoms with van der Waals surface area (Å²) in [4.78, 5) is 36.4. The van der Waals surface area contributed by atoms with E-state index in [0.29, 0.717) is 19.0 Å². The van der Waals surface area contributed by atoms with Gasteiger partial charge in [-0.05, 0) is 44.1 Å². The Kier molecular flexibility index (Phi) is 6.23. The number of rotatable bonds is 6. The highest BCUT2D eigenvalue weighted by molar-refractivity contribution is 5.76. The standard InChI is InChI=1S/C21H25N3O4/c1-16-2-4-17(5-3-16)6-7-18-10-12-22(13-11-18)21(26)15-23-14-19(24(27)28)8-9-20(23)25/h2-5,8-9,14,18H,6-7,10-13,15H2,1H3. The molecule has 0 N–H and O–H groups in total. The molecule has 1 aromatic carbocycles. The first-order valence-electron chi connectivity index (χ1n) is 9.60. The zero-order valence-electron chi connectivity index (χ0n) is 16.0. The third-order valence-electron chi connectivity index (χ3n) is 5.41. The van der Waals surface area contributed by atoms with Gasteiger partial charge in [0, 0.05) is 25.2 Å². The topological polar surface area (TPSA) is 85.4 Å². The van der Waals surface area contributed by atoms with Crippen molar-refractivity contribution in [2.24, 2.45) is 5.92 Å². The monoisotopic (exact) mass is 383 g/mol. The Morgan fingerprint density at radius 3 is 2.46 bits per heavy atom. The largest absolute Gasteiger partial charge is 0.341 e. The first-order valence-corrected chi connectivity index (χ1v) is 9.60. The molecule has 3 rings (SSSR count). The maximum absolute atomic E-state index is 12.5. The van der Waals surface area contributed by atoms with Crippen molar-refractivity contribution < 1.29 is 9.72 Å². The molecule has 1 amide bonds. The molecule has 1 aromatic heterocycles. The van der Waals surface area contributed by atoms with Crippen LogP contribution in [0.5, 0.6) is 0 Å². The first-order chi connectivity index (χ1) is 13.4. The summed E-state index contributed by atoms with van der Waals surface area (Å²) >= 11 is 0. The fourth-order valence-corrected chi connectivity index (χ4v) is 3.59. The number of hydrogen-bond donors (Lipinski definition) is 0. The molecule has 0 saturated carbocycles. The minimum Gasteiger partial charge on any atom is -0.341 e. The minimum atomic E-state index is -0.569. The number of benzene rings is 1. The van der Waals surface area contributed by atoms with Crippen molar-refractivity contribution in [3.05, 3.63) is 74.2 Å². The van der Waals surface area contributed by atoms with Crippen molar-refractivity contribution in [1.29, 1.82) is 0 Å². The number of piperidine rings is 1. The number of nitro groups is 1. The summed E-state index contributed by atoms with van der Waals surface area (Å²) in [5.41, 5.74) is 2.00. The molecule has 148 valence electrons. The molecule has 0 spiro atoms. The zero-order valence-corrected chi connectivity index (χ0v) is 16.0. The van der Waals surface area contributed by atoms with E-state index < -0.39 is 10.5 Å². The fraction of sp³-hybridized carbons (Fsp3) is 0.429. The van der Waals surface area contributed by atoms with E-state index in [9.17, 15) is 19.7 Å². The van der Waals surface area contributed by atoms with Gasteiger partial charge in [0.05, 0.1) is 11.1 Å². The summed E-state index contributed by atoms with van der Waals surface area (Å²) in [5, 5.41) is 10.9. The van der Waals surface area contributed by atoms with Gasteiger partial charge in [-0.1, -0.05) is 29.8 Å². The Bertz CT molecular complexity index is 897. The lowest BCUT2D eigenvalue weighted by Crippen LogP contribution is -2.41. The summed E-state index contributed by atoms with van der Waals surface area (Å²) < 4.78 is 1.12. The van der Waals surface area contributed by atoms with Gasteiger partial charge < -0.3 is 4.90 Å². The predicted molar refractivity (Wildman–Crippen MR) is 106 cm³/mol. The molecule has 0 atom stereocenters. The summed E-state index contributed by atoms with van der Waals surface area (Å²) in [7, 11) is 0. The quantitative estimate of drug-likeness (QED) is 0.567. The van der Waals surface area contributed by atoms with Crippen molar-refractivity contribution in [3.8, 4) is 0 Å². The van der Waals surface area contributed by atoms with Crippen LogP contribution in [-0.2, 0) is 17.8 Å². The second-order valence-corrected chi connectivity index (χ2v) is 7.46. The van der Waals surface area contributed by atoms with Crippen LogP contribution >= 0.6 is 0 Å². The lowest BCUT2D eigenvalue weighted by Gasteiger charge is -2.32. The van der Waals surface area contributed by atoms with Crippen LogP contribution < -0.4 is 5.56 Å². The summed E-state index contributed by atoms with van der Waals surface area (Å²) in [6.07, 6.45) is 5.18. The number of aryl methyl sites for hydroxylation is 2. The molecule has 2 heterocycles. The Morgan fingerprint density at radius 1 is 1.14 bits per heavy atom.